The van der Waals surface area contributed by atoms with Crippen molar-refractivity contribution in [3.63, 3.8) is 0 Å². The van der Waals surface area contributed by atoms with E-state index in [1.165, 1.54) is 6.21 Å². The summed E-state index contributed by atoms with van der Waals surface area (Å²) in [6, 6.07) is 1.92. The molecule has 0 saturated carbocycles. The van der Waals surface area contributed by atoms with E-state index in [1.807, 2.05) is 13.0 Å². The zero-order valence-corrected chi connectivity index (χ0v) is 7.17. The lowest BCUT2D eigenvalue weighted by Gasteiger charge is -2.01. The molecule has 2 heteroatoms. The van der Waals surface area contributed by atoms with Crippen molar-refractivity contribution in [3.8, 4) is 0 Å². The average molecular weight is 160 g/mol. The zero-order chi connectivity index (χ0) is 8.97. The number of hydrogen-bond donors (Lipinski definition) is 1. The van der Waals surface area contributed by atoms with Gasteiger partial charge in [-0.15, -0.1) is 0 Å². The first-order chi connectivity index (χ1) is 5.81. The van der Waals surface area contributed by atoms with Gasteiger partial charge in [-0.2, -0.15) is 0 Å². The molecule has 62 valence electrons. The second kappa shape index (κ2) is 3.81. The monoisotopic (exact) mass is 160 g/mol. The molecule has 0 aliphatic heterocycles. The Kier molecular flexibility index (Phi) is 2.75. The molecule has 0 aliphatic rings. The Morgan fingerprint density at radius 2 is 2.33 bits per heavy atom. The van der Waals surface area contributed by atoms with Gasteiger partial charge in [0.15, 0.2) is 0 Å². The largest absolute Gasteiger partial charge is 0.308 e. The first-order valence-corrected chi connectivity index (χ1v) is 3.93. The molecule has 1 heterocycles. The SMILES string of the molecule is C=Cc1cnc(CC)cc1C=N. The number of nitrogens with one attached hydrogen (secondary N) is 1. The van der Waals surface area contributed by atoms with Crippen molar-refractivity contribution in [1.29, 1.82) is 5.41 Å². The molecule has 1 aromatic heterocycles. The van der Waals surface area contributed by atoms with Crippen LogP contribution in [0.4, 0.5) is 0 Å². The van der Waals surface area contributed by atoms with Crippen molar-refractivity contribution in [2.45, 2.75) is 13.3 Å². The number of rotatable bonds is 3. The lowest BCUT2D eigenvalue weighted by Crippen LogP contribution is -1.93. The van der Waals surface area contributed by atoms with Crippen molar-refractivity contribution in [2.75, 3.05) is 0 Å². The van der Waals surface area contributed by atoms with Gasteiger partial charge in [-0.25, -0.2) is 0 Å². The Bertz CT molecular complexity index is 303. The molecule has 0 saturated heterocycles. The number of pyridine rings is 1. The average Bonchev–Trinajstić information content (AvgIpc) is 2.16. The van der Waals surface area contributed by atoms with Gasteiger partial charge in [-0.3, -0.25) is 4.98 Å². The predicted octanol–water partition coefficient (Wildman–Crippen LogP) is 2.28. The van der Waals surface area contributed by atoms with Crippen LogP contribution in [-0.4, -0.2) is 11.2 Å². The fourth-order valence-electron chi connectivity index (χ4n) is 1.02. The van der Waals surface area contributed by atoms with Gasteiger partial charge in [0, 0.05) is 29.2 Å². The van der Waals surface area contributed by atoms with Crippen molar-refractivity contribution in [1.82, 2.24) is 4.98 Å². The van der Waals surface area contributed by atoms with Crippen LogP contribution in [0.2, 0.25) is 0 Å². The first-order valence-electron chi connectivity index (χ1n) is 3.93. The van der Waals surface area contributed by atoms with E-state index >= 15 is 0 Å². The summed E-state index contributed by atoms with van der Waals surface area (Å²) in [5.74, 6) is 0. The van der Waals surface area contributed by atoms with Gasteiger partial charge in [0.05, 0.1) is 0 Å². The summed E-state index contributed by atoms with van der Waals surface area (Å²) in [6.45, 7) is 5.70. The maximum absolute atomic E-state index is 7.16. The third-order valence-electron chi connectivity index (χ3n) is 1.76. The molecule has 0 bridgehead atoms. The minimum absolute atomic E-state index is 0.886. The van der Waals surface area contributed by atoms with Gasteiger partial charge in [0.25, 0.3) is 0 Å². The third-order valence-corrected chi connectivity index (χ3v) is 1.76. The van der Waals surface area contributed by atoms with Gasteiger partial charge in [0.2, 0.25) is 0 Å². The molecule has 2 nitrogen and oxygen atoms in total. The van der Waals surface area contributed by atoms with Crippen LogP contribution in [0, 0.1) is 5.41 Å². The summed E-state index contributed by atoms with van der Waals surface area (Å²) in [5.41, 5.74) is 2.82. The van der Waals surface area contributed by atoms with Crippen LogP contribution in [0.25, 0.3) is 6.08 Å². The Hall–Kier alpha value is -1.44. The normalized spacial score (nSPS) is 9.42. The van der Waals surface area contributed by atoms with Crippen LogP contribution in [0.15, 0.2) is 18.8 Å². The Morgan fingerprint density at radius 3 is 2.83 bits per heavy atom. The number of hydrogen-bond acceptors (Lipinski definition) is 2. The van der Waals surface area contributed by atoms with Crippen molar-refractivity contribution >= 4 is 12.3 Å². The number of nitrogens with zero attached hydrogens (tertiary/aromatic N) is 1. The molecule has 12 heavy (non-hydrogen) atoms. The summed E-state index contributed by atoms with van der Waals surface area (Å²) in [4.78, 5) is 4.20. The van der Waals surface area contributed by atoms with Crippen molar-refractivity contribution in [2.24, 2.45) is 0 Å². The molecule has 0 aliphatic carbocycles. The molecule has 1 aromatic rings. The molecule has 0 radical (unpaired) electrons. The van der Waals surface area contributed by atoms with Crippen molar-refractivity contribution in [3.05, 3.63) is 35.7 Å². The number of aromatic nitrogens is 1. The number of aryl methyl sites for hydroxylation is 1. The highest BCUT2D eigenvalue weighted by Crippen LogP contribution is 2.08. The quantitative estimate of drug-likeness (QED) is 0.677. The maximum Gasteiger partial charge on any atom is 0.0407 e. The summed E-state index contributed by atoms with van der Waals surface area (Å²) in [5, 5.41) is 7.16. The second-order valence-electron chi connectivity index (χ2n) is 2.51. The molecule has 0 spiro atoms. The van der Waals surface area contributed by atoms with Gasteiger partial charge in [-0.05, 0) is 12.5 Å². The van der Waals surface area contributed by atoms with Gasteiger partial charge < -0.3 is 5.41 Å². The molecule has 0 aromatic carbocycles. The maximum atomic E-state index is 7.16. The molecule has 1 N–H and O–H groups in total. The fourth-order valence-corrected chi connectivity index (χ4v) is 1.02. The van der Waals surface area contributed by atoms with Gasteiger partial charge in [0.1, 0.15) is 0 Å². The van der Waals surface area contributed by atoms with Gasteiger partial charge >= 0.3 is 0 Å². The van der Waals surface area contributed by atoms with Crippen LogP contribution in [-0.2, 0) is 6.42 Å². The van der Waals surface area contributed by atoms with Crippen LogP contribution in [0.5, 0.6) is 0 Å². The Balaban J connectivity index is 3.18. The topological polar surface area (TPSA) is 36.7 Å². The molecular formula is C10H12N2. The minimum Gasteiger partial charge on any atom is -0.308 e. The molecular weight excluding hydrogens is 148 g/mol. The standard InChI is InChI=1S/C10H12N2/c1-3-8-7-12-10(4-2)5-9(8)6-11/h3,5-7,11H,1,4H2,2H3. The molecule has 0 atom stereocenters. The molecule has 0 unspecified atom stereocenters. The summed E-state index contributed by atoms with van der Waals surface area (Å²) in [7, 11) is 0. The highest BCUT2D eigenvalue weighted by molar-refractivity contribution is 5.83. The molecule has 1 rings (SSSR count). The predicted molar refractivity (Wildman–Crippen MR) is 51.6 cm³/mol. The van der Waals surface area contributed by atoms with E-state index in [2.05, 4.69) is 11.6 Å². The summed E-state index contributed by atoms with van der Waals surface area (Å²) >= 11 is 0. The van der Waals surface area contributed by atoms with E-state index in [9.17, 15) is 0 Å². The van der Waals surface area contributed by atoms with Crippen molar-refractivity contribution < 1.29 is 0 Å². The summed E-state index contributed by atoms with van der Waals surface area (Å²) < 4.78 is 0. The molecule has 0 fully saturated rings. The van der Waals surface area contributed by atoms with E-state index in [1.54, 1.807) is 12.3 Å². The summed E-state index contributed by atoms with van der Waals surface area (Å²) in [6.07, 6.45) is 5.70. The van der Waals surface area contributed by atoms with Gasteiger partial charge in [-0.1, -0.05) is 19.6 Å². The van der Waals surface area contributed by atoms with Crippen LogP contribution < -0.4 is 0 Å². The van der Waals surface area contributed by atoms with Crippen LogP contribution in [0.1, 0.15) is 23.7 Å². The second-order valence-corrected chi connectivity index (χ2v) is 2.51. The van der Waals surface area contributed by atoms with E-state index in [0.717, 1.165) is 23.2 Å². The zero-order valence-electron chi connectivity index (χ0n) is 7.17. The lowest BCUT2D eigenvalue weighted by molar-refractivity contribution is 1.03. The highest BCUT2D eigenvalue weighted by atomic mass is 14.7. The Labute approximate surface area is 72.5 Å². The van der Waals surface area contributed by atoms with Crippen LogP contribution in [0.3, 0.4) is 0 Å². The van der Waals surface area contributed by atoms with E-state index in [4.69, 9.17) is 5.41 Å². The Morgan fingerprint density at radius 1 is 1.58 bits per heavy atom. The molecule has 0 amide bonds. The van der Waals surface area contributed by atoms with E-state index in [0.29, 0.717) is 0 Å². The van der Waals surface area contributed by atoms with Crippen LogP contribution >= 0.6 is 0 Å². The van der Waals surface area contributed by atoms with E-state index in [-0.39, 0.29) is 0 Å². The third kappa shape index (κ3) is 1.59. The minimum atomic E-state index is 0.886. The lowest BCUT2D eigenvalue weighted by atomic mass is 10.1. The smallest absolute Gasteiger partial charge is 0.0407 e. The first kappa shape index (κ1) is 8.65. The highest BCUT2D eigenvalue weighted by Gasteiger charge is 1.97. The fraction of sp³-hybridized carbons (Fsp3) is 0.200. The van der Waals surface area contributed by atoms with E-state index < -0.39 is 0 Å².